The van der Waals surface area contributed by atoms with Crippen molar-refractivity contribution in [1.29, 1.82) is 5.26 Å². The van der Waals surface area contributed by atoms with Gasteiger partial charge in [0.1, 0.15) is 12.2 Å². The van der Waals surface area contributed by atoms with Crippen LogP contribution in [-0.2, 0) is 11.3 Å². The fraction of sp³-hybridized carbons (Fsp3) is 0.292. The van der Waals surface area contributed by atoms with Crippen molar-refractivity contribution in [2.75, 3.05) is 19.8 Å². The molecule has 2 heterocycles. The van der Waals surface area contributed by atoms with Crippen molar-refractivity contribution in [2.24, 2.45) is 0 Å². The Hall–Kier alpha value is -3.47. The number of ether oxygens (including phenoxy) is 1. The number of rotatable bonds is 7. The summed E-state index contributed by atoms with van der Waals surface area (Å²) < 4.78 is 10.9. The lowest BCUT2D eigenvalue weighted by molar-refractivity contribution is 0.0776. The molecule has 1 aliphatic rings. The van der Waals surface area contributed by atoms with Gasteiger partial charge in [-0.2, -0.15) is 5.26 Å². The average molecular weight is 416 g/mol. The first-order valence-electron chi connectivity index (χ1n) is 10.4. The molecule has 2 aromatic carbocycles. The largest absolute Gasteiger partial charge is 0.381 e. The Morgan fingerprint density at radius 1 is 1.10 bits per heavy atom. The van der Waals surface area contributed by atoms with Crippen molar-refractivity contribution in [3.05, 3.63) is 65.7 Å². The Morgan fingerprint density at radius 3 is 2.68 bits per heavy atom. The fourth-order valence-electron chi connectivity index (χ4n) is 3.54. The van der Waals surface area contributed by atoms with E-state index in [1.54, 1.807) is 18.2 Å². The van der Waals surface area contributed by atoms with E-state index in [1.807, 2.05) is 30.3 Å². The van der Waals surface area contributed by atoms with Gasteiger partial charge < -0.3 is 19.9 Å². The summed E-state index contributed by atoms with van der Waals surface area (Å²) in [7, 11) is 0. The van der Waals surface area contributed by atoms with Crippen LogP contribution in [-0.4, -0.2) is 36.9 Å². The standard InChI is InChI=1S/C24H24N4O3/c25-10-11-26-24(29)20-3-1-2-19(14-20)22-15-23(31-28-22)18-6-4-17(5-7-18)16-27-21-8-12-30-13-9-21/h1-7,14-15,21,27H,8-9,11-13,16H2,(H,26,29). The van der Waals surface area contributed by atoms with Gasteiger partial charge in [-0.3, -0.25) is 4.79 Å². The molecule has 1 amide bonds. The molecule has 7 heteroatoms. The smallest absolute Gasteiger partial charge is 0.252 e. The van der Waals surface area contributed by atoms with Gasteiger partial charge in [-0.25, -0.2) is 0 Å². The highest BCUT2D eigenvalue weighted by Gasteiger charge is 2.14. The van der Waals surface area contributed by atoms with E-state index >= 15 is 0 Å². The highest BCUT2D eigenvalue weighted by atomic mass is 16.5. The van der Waals surface area contributed by atoms with Gasteiger partial charge in [0.25, 0.3) is 5.91 Å². The fourth-order valence-corrected chi connectivity index (χ4v) is 3.54. The maximum atomic E-state index is 12.1. The highest BCUT2D eigenvalue weighted by Crippen LogP contribution is 2.27. The summed E-state index contributed by atoms with van der Waals surface area (Å²) in [5.41, 5.74) is 4.05. The molecule has 0 saturated carbocycles. The molecule has 0 aliphatic carbocycles. The second-order valence-electron chi connectivity index (χ2n) is 7.46. The van der Waals surface area contributed by atoms with E-state index in [0.717, 1.165) is 43.7 Å². The van der Waals surface area contributed by atoms with E-state index in [1.165, 1.54) is 5.56 Å². The third-order valence-corrected chi connectivity index (χ3v) is 5.31. The molecule has 1 fully saturated rings. The number of aromatic nitrogens is 1. The van der Waals surface area contributed by atoms with Crippen LogP contribution in [0.15, 0.2) is 59.1 Å². The Kier molecular flexibility index (Phi) is 6.72. The van der Waals surface area contributed by atoms with Crippen LogP contribution in [0.1, 0.15) is 28.8 Å². The van der Waals surface area contributed by atoms with Gasteiger partial charge >= 0.3 is 0 Å². The van der Waals surface area contributed by atoms with Gasteiger partial charge in [-0.05, 0) is 30.5 Å². The van der Waals surface area contributed by atoms with Crippen molar-refractivity contribution in [3.63, 3.8) is 0 Å². The zero-order valence-electron chi connectivity index (χ0n) is 17.1. The monoisotopic (exact) mass is 416 g/mol. The molecular formula is C24H24N4O3. The number of hydrogen-bond acceptors (Lipinski definition) is 6. The Bertz CT molecular complexity index is 1060. The molecule has 0 bridgehead atoms. The second-order valence-corrected chi connectivity index (χ2v) is 7.46. The highest BCUT2D eigenvalue weighted by molar-refractivity contribution is 5.95. The summed E-state index contributed by atoms with van der Waals surface area (Å²) in [6, 6.07) is 19.6. The van der Waals surface area contributed by atoms with Crippen molar-refractivity contribution < 1.29 is 14.1 Å². The van der Waals surface area contributed by atoms with Crippen molar-refractivity contribution >= 4 is 5.91 Å². The molecule has 7 nitrogen and oxygen atoms in total. The molecule has 0 atom stereocenters. The van der Waals surface area contributed by atoms with Crippen LogP contribution in [0.25, 0.3) is 22.6 Å². The first-order chi connectivity index (χ1) is 15.2. The van der Waals surface area contributed by atoms with Crippen LogP contribution >= 0.6 is 0 Å². The lowest BCUT2D eigenvalue weighted by Crippen LogP contribution is -2.34. The van der Waals surface area contributed by atoms with E-state index in [2.05, 4.69) is 27.9 Å². The van der Waals surface area contributed by atoms with Crippen LogP contribution in [0.3, 0.4) is 0 Å². The number of benzene rings is 2. The molecular weight excluding hydrogens is 392 g/mol. The predicted octanol–water partition coefficient (Wildman–Crippen LogP) is 3.53. The van der Waals surface area contributed by atoms with Crippen LogP contribution in [0, 0.1) is 11.3 Å². The summed E-state index contributed by atoms with van der Waals surface area (Å²) in [6.45, 7) is 2.46. The second kappa shape index (κ2) is 10.0. The normalized spacial score (nSPS) is 14.2. The van der Waals surface area contributed by atoms with Gasteiger partial charge in [-0.15, -0.1) is 0 Å². The van der Waals surface area contributed by atoms with Crippen molar-refractivity contribution in [2.45, 2.75) is 25.4 Å². The molecule has 158 valence electrons. The topological polar surface area (TPSA) is 100 Å². The molecule has 1 saturated heterocycles. The SMILES string of the molecule is N#CCNC(=O)c1cccc(-c2cc(-c3ccc(CNC4CCOCC4)cc3)on2)c1. The van der Waals surface area contributed by atoms with Gasteiger partial charge in [0.2, 0.25) is 0 Å². The quantitative estimate of drug-likeness (QED) is 0.572. The number of carbonyl (C=O) groups is 1. The third-order valence-electron chi connectivity index (χ3n) is 5.31. The van der Waals surface area contributed by atoms with Crippen LogP contribution < -0.4 is 10.6 Å². The number of nitrogens with zero attached hydrogens (tertiary/aromatic N) is 2. The molecule has 0 spiro atoms. The molecule has 31 heavy (non-hydrogen) atoms. The Morgan fingerprint density at radius 2 is 1.90 bits per heavy atom. The molecule has 0 radical (unpaired) electrons. The minimum absolute atomic E-state index is 0.0300. The van der Waals surface area contributed by atoms with E-state index in [-0.39, 0.29) is 12.5 Å². The zero-order chi connectivity index (χ0) is 21.5. The average Bonchev–Trinajstić information content (AvgIpc) is 3.33. The summed E-state index contributed by atoms with van der Waals surface area (Å²) in [5, 5.41) is 18.9. The Labute approximate surface area is 181 Å². The molecule has 4 rings (SSSR count). The van der Waals surface area contributed by atoms with E-state index in [9.17, 15) is 4.79 Å². The molecule has 1 aromatic heterocycles. The first-order valence-corrected chi connectivity index (χ1v) is 10.4. The van der Waals surface area contributed by atoms with Crippen LogP contribution in [0.5, 0.6) is 0 Å². The summed E-state index contributed by atoms with van der Waals surface area (Å²) in [4.78, 5) is 12.1. The van der Waals surface area contributed by atoms with E-state index in [0.29, 0.717) is 23.1 Å². The maximum absolute atomic E-state index is 12.1. The van der Waals surface area contributed by atoms with Gasteiger partial charge in [0, 0.05) is 48.6 Å². The lowest BCUT2D eigenvalue weighted by atomic mass is 10.1. The molecule has 1 aliphatic heterocycles. The van der Waals surface area contributed by atoms with Crippen LogP contribution in [0.4, 0.5) is 0 Å². The van der Waals surface area contributed by atoms with Crippen LogP contribution in [0.2, 0.25) is 0 Å². The molecule has 2 N–H and O–H groups in total. The number of hydrogen-bond donors (Lipinski definition) is 2. The number of nitriles is 1. The van der Waals surface area contributed by atoms with Crippen molar-refractivity contribution in [3.8, 4) is 28.7 Å². The van der Waals surface area contributed by atoms with E-state index in [4.69, 9.17) is 14.5 Å². The van der Waals surface area contributed by atoms with Gasteiger partial charge in [-0.1, -0.05) is 41.6 Å². The van der Waals surface area contributed by atoms with E-state index < -0.39 is 0 Å². The lowest BCUT2D eigenvalue weighted by Gasteiger charge is -2.23. The predicted molar refractivity (Wildman–Crippen MR) is 116 cm³/mol. The Balaban J connectivity index is 1.41. The third kappa shape index (κ3) is 5.37. The molecule has 3 aromatic rings. The zero-order valence-corrected chi connectivity index (χ0v) is 17.1. The number of carbonyl (C=O) groups excluding carboxylic acids is 1. The maximum Gasteiger partial charge on any atom is 0.252 e. The first kappa shape index (κ1) is 20.8. The summed E-state index contributed by atoms with van der Waals surface area (Å²) in [5.74, 6) is 0.371. The number of nitrogens with one attached hydrogen (secondary N) is 2. The van der Waals surface area contributed by atoms with Crippen molar-refractivity contribution in [1.82, 2.24) is 15.8 Å². The minimum atomic E-state index is -0.294. The molecule has 0 unspecified atom stereocenters. The summed E-state index contributed by atoms with van der Waals surface area (Å²) >= 11 is 0. The minimum Gasteiger partial charge on any atom is -0.381 e. The summed E-state index contributed by atoms with van der Waals surface area (Å²) in [6.07, 6.45) is 2.11. The van der Waals surface area contributed by atoms with Gasteiger partial charge in [0.15, 0.2) is 5.76 Å². The number of amides is 1. The van der Waals surface area contributed by atoms with Gasteiger partial charge in [0.05, 0.1) is 6.07 Å².